The minimum absolute atomic E-state index is 0.0814. The van der Waals surface area contributed by atoms with E-state index in [1.54, 1.807) is 6.07 Å². The van der Waals surface area contributed by atoms with E-state index in [-0.39, 0.29) is 16.3 Å². The zero-order valence-electron chi connectivity index (χ0n) is 14.5. The number of hydrogen-bond acceptors (Lipinski definition) is 6. The van der Waals surface area contributed by atoms with Crippen molar-refractivity contribution in [2.24, 2.45) is 0 Å². The summed E-state index contributed by atoms with van der Waals surface area (Å²) in [7, 11) is 0. The largest absolute Gasteiger partial charge is 0.449 e. The molecule has 0 unspecified atom stereocenters. The molecular formula is C17H8ClF4N5O3. The fraction of sp³-hybridized carbons (Fsp3) is 0.118. The van der Waals surface area contributed by atoms with Gasteiger partial charge in [-0.2, -0.15) is 23.5 Å². The van der Waals surface area contributed by atoms with Crippen LogP contribution in [-0.2, 0) is 12.7 Å². The summed E-state index contributed by atoms with van der Waals surface area (Å²) in [6.45, 7) is -0.496. The maximum absolute atomic E-state index is 13.6. The Balaban J connectivity index is 2.12. The van der Waals surface area contributed by atoms with Crippen LogP contribution in [0.5, 0.6) is 11.5 Å². The van der Waals surface area contributed by atoms with Crippen molar-refractivity contribution >= 4 is 11.6 Å². The number of aromatic nitrogens is 4. The lowest BCUT2D eigenvalue weighted by Gasteiger charge is -2.14. The van der Waals surface area contributed by atoms with Crippen LogP contribution in [0, 0.1) is 17.1 Å². The van der Waals surface area contributed by atoms with E-state index in [1.165, 1.54) is 0 Å². The third-order valence-electron chi connectivity index (χ3n) is 3.68. The maximum Gasteiger partial charge on any atom is 0.437 e. The summed E-state index contributed by atoms with van der Waals surface area (Å²) in [6, 6.07) is 5.22. The van der Waals surface area contributed by atoms with Gasteiger partial charge in [0.05, 0.1) is 24.5 Å². The molecule has 154 valence electrons. The summed E-state index contributed by atoms with van der Waals surface area (Å²) in [5.74, 6) is -2.73. The number of ether oxygens (including phenoxy) is 1. The zero-order chi connectivity index (χ0) is 22.1. The molecule has 13 heteroatoms. The van der Waals surface area contributed by atoms with Crippen molar-refractivity contribution in [2.75, 3.05) is 0 Å². The Labute approximate surface area is 168 Å². The van der Waals surface area contributed by atoms with E-state index >= 15 is 0 Å². The number of benzene rings is 1. The normalized spacial score (nSPS) is 11.2. The molecule has 0 saturated carbocycles. The van der Waals surface area contributed by atoms with E-state index in [1.807, 2.05) is 0 Å². The number of nitrogens with one attached hydrogen (secondary N) is 1. The number of rotatable bonds is 4. The molecule has 0 aliphatic rings. The molecule has 2 aromatic heterocycles. The monoisotopic (exact) mass is 441 g/mol. The predicted molar refractivity (Wildman–Crippen MR) is 93.7 cm³/mol. The molecule has 8 nitrogen and oxygen atoms in total. The first-order valence-electron chi connectivity index (χ1n) is 7.88. The van der Waals surface area contributed by atoms with Gasteiger partial charge in [0, 0.05) is 11.6 Å². The number of H-pyrrole nitrogens is 1. The summed E-state index contributed by atoms with van der Waals surface area (Å²) >= 11 is 5.67. The van der Waals surface area contributed by atoms with Crippen LogP contribution in [-0.4, -0.2) is 19.7 Å². The Kier molecular flexibility index (Phi) is 5.57. The van der Waals surface area contributed by atoms with Gasteiger partial charge in [0.2, 0.25) is 5.75 Å². The molecule has 30 heavy (non-hydrogen) atoms. The lowest BCUT2D eigenvalue weighted by atomic mass is 10.2. The zero-order valence-corrected chi connectivity index (χ0v) is 15.3. The molecule has 1 aromatic carbocycles. The van der Waals surface area contributed by atoms with E-state index in [0.717, 1.165) is 18.2 Å². The highest BCUT2D eigenvalue weighted by Crippen LogP contribution is 2.34. The maximum atomic E-state index is 13.6. The highest BCUT2D eigenvalue weighted by molar-refractivity contribution is 6.29. The smallest absolute Gasteiger partial charge is 0.437 e. The predicted octanol–water partition coefficient (Wildman–Crippen LogP) is 2.85. The molecule has 0 bridgehead atoms. The van der Waals surface area contributed by atoms with Crippen LogP contribution in [0.25, 0.3) is 0 Å². The van der Waals surface area contributed by atoms with Gasteiger partial charge in [-0.3, -0.25) is 14.2 Å². The van der Waals surface area contributed by atoms with Gasteiger partial charge in [-0.15, -0.1) is 0 Å². The van der Waals surface area contributed by atoms with Crippen molar-refractivity contribution < 1.29 is 22.3 Å². The molecule has 0 aliphatic carbocycles. The second-order valence-corrected chi connectivity index (χ2v) is 6.17. The quantitative estimate of drug-likeness (QED) is 0.623. The summed E-state index contributed by atoms with van der Waals surface area (Å²) < 4.78 is 59.3. The van der Waals surface area contributed by atoms with Crippen LogP contribution in [0.2, 0.25) is 5.15 Å². The SMILES string of the molecule is N#Cc1cc(F)cc(Oc2c(C(F)(F)F)ncn(Cc3cc(Cl)n[nH]c3=O)c2=O)c1. The molecule has 2 heterocycles. The Morgan fingerprint density at radius 3 is 2.63 bits per heavy atom. The summed E-state index contributed by atoms with van der Waals surface area (Å²) in [5, 5.41) is 14.3. The standard InChI is InChI=1S/C17H8ClF4N5O3/c18-12-3-9(15(28)26-25-12)6-27-7-24-14(17(20,21)22)13(16(27)29)30-11-2-8(5-23)1-10(19)4-11/h1-4,7H,6H2,(H,26,28). The molecule has 3 aromatic rings. The van der Waals surface area contributed by atoms with E-state index < -0.39 is 46.8 Å². The highest BCUT2D eigenvalue weighted by atomic mass is 35.5. The Morgan fingerprint density at radius 1 is 1.23 bits per heavy atom. The summed E-state index contributed by atoms with van der Waals surface area (Å²) in [5.41, 5.74) is -4.00. The number of nitrogens with zero attached hydrogens (tertiary/aromatic N) is 4. The van der Waals surface area contributed by atoms with Crippen molar-refractivity contribution in [2.45, 2.75) is 12.7 Å². The van der Waals surface area contributed by atoms with Crippen molar-refractivity contribution in [3.63, 3.8) is 0 Å². The van der Waals surface area contributed by atoms with E-state index in [0.29, 0.717) is 17.0 Å². The second-order valence-electron chi connectivity index (χ2n) is 5.79. The third-order valence-corrected chi connectivity index (χ3v) is 3.87. The first-order chi connectivity index (χ1) is 14.1. The Bertz CT molecular complexity index is 1280. The van der Waals surface area contributed by atoms with Gasteiger partial charge in [0.15, 0.2) is 5.69 Å². The number of alkyl halides is 3. The number of nitriles is 1. The fourth-order valence-corrected chi connectivity index (χ4v) is 2.57. The van der Waals surface area contributed by atoms with Gasteiger partial charge >= 0.3 is 6.18 Å². The second kappa shape index (κ2) is 7.96. The van der Waals surface area contributed by atoms with Crippen LogP contribution >= 0.6 is 11.6 Å². The molecule has 3 rings (SSSR count). The van der Waals surface area contributed by atoms with Crippen LogP contribution in [0.1, 0.15) is 16.8 Å². The lowest BCUT2D eigenvalue weighted by Crippen LogP contribution is -2.28. The minimum atomic E-state index is -5.07. The minimum Gasteiger partial charge on any atom is -0.449 e. The van der Waals surface area contributed by atoms with E-state index in [9.17, 15) is 27.2 Å². The lowest BCUT2D eigenvalue weighted by molar-refractivity contribution is -0.142. The Morgan fingerprint density at radius 2 is 1.97 bits per heavy atom. The van der Waals surface area contributed by atoms with Crippen molar-refractivity contribution in [3.05, 3.63) is 79.1 Å². The van der Waals surface area contributed by atoms with Crippen LogP contribution in [0.4, 0.5) is 17.6 Å². The molecule has 0 amide bonds. The summed E-state index contributed by atoms with van der Waals surface area (Å²) in [4.78, 5) is 27.7. The topological polar surface area (TPSA) is 114 Å². The first-order valence-corrected chi connectivity index (χ1v) is 8.25. The van der Waals surface area contributed by atoms with Gasteiger partial charge < -0.3 is 4.74 Å². The number of halogens is 5. The molecular weight excluding hydrogens is 434 g/mol. The van der Waals surface area contributed by atoms with E-state index in [4.69, 9.17) is 21.6 Å². The highest BCUT2D eigenvalue weighted by Gasteiger charge is 2.38. The molecule has 0 saturated heterocycles. The average molecular weight is 442 g/mol. The molecule has 0 fully saturated rings. The molecule has 0 radical (unpaired) electrons. The number of aromatic amines is 1. The number of hydrogen-bond donors (Lipinski definition) is 1. The van der Waals surface area contributed by atoms with Crippen LogP contribution < -0.4 is 15.9 Å². The molecule has 0 aliphatic heterocycles. The van der Waals surface area contributed by atoms with Crippen molar-refractivity contribution in [1.82, 2.24) is 19.7 Å². The van der Waals surface area contributed by atoms with Crippen LogP contribution in [0.3, 0.4) is 0 Å². The van der Waals surface area contributed by atoms with Crippen molar-refractivity contribution in [1.29, 1.82) is 5.26 Å². The molecule has 0 atom stereocenters. The third kappa shape index (κ3) is 4.47. The average Bonchev–Trinajstić information content (AvgIpc) is 2.66. The van der Waals surface area contributed by atoms with Crippen molar-refractivity contribution in [3.8, 4) is 17.6 Å². The fourth-order valence-electron chi connectivity index (χ4n) is 2.40. The first kappa shape index (κ1) is 21.0. The van der Waals surface area contributed by atoms with Crippen LogP contribution in [0.15, 0.2) is 40.2 Å². The van der Waals surface area contributed by atoms with Gasteiger partial charge in [0.1, 0.15) is 16.7 Å². The van der Waals surface area contributed by atoms with Gasteiger partial charge in [-0.25, -0.2) is 14.5 Å². The Hall–Kier alpha value is -3.72. The van der Waals surface area contributed by atoms with Gasteiger partial charge in [0.25, 0.3) is 11.1 Å². The molecule has 0 spiro atoms. The van der Waals surface area contributed by atoms with Gasteiger partial charge in [-0.1, -0.05) is 11.6 Å². The van der Waals surface area contributed by atoms with E-state index in [2.05, 4.69) is 15.2 Å². The summed E-state index contributed by atoms with van der Waals surface area (Å²) in [6.07, 6.45) is -4.49. The molecule has 1 N–H and O–H groups in total. The van der Waals surface area contributed by atoms with Gasteiger partial charge in [-0.05, 0) is 18.2 Å².